The molecule has 0 bridgehead atoms. The Morgan fingerprint density at radius 2 is 2.08 bits per heavy atom. The average Bonchev–Trinajstić information content (AvgIpc) is 3.29. The summed E-state index contributed by atoms with van der Waals surface area (Å²) in [7, 11) is 0. The number of hydrogen-bond donors (Lipinski definition) is 0. The predicted octanol–water partition coefficient (Wildman–Crippen LogP) is 2.50. The third kappa shape index (κ3) is 2.76. The number of benzene rings is 1. The van der Waals surface area contributed by atoms with Gasteiger partial charge in [-0.1, -0.05) is 23.4 Å². The van der Waals surface area contributed by atoms with Gasteiger partial charge in [-0.25, -0.2) is 4.68 Å². The molecular formula is C17H16N4O3. The van der Waals surface area contributed by atoms with Crippen molar-refractivity contribution in [3.63, 3.8) is 0 Å². The molecule has 2 aromatic heterocycles. The second kappa shape index (κ2) is 6.19. The van der Waals surface area contributed by atoms with Gasteiger partial charge in [0.1, 0.15) is 23.9 Å². The standard InChI is InChI=1S/C17H16N4O3/c22-17(15-7-8-18-24-15)20-9-4-10-21-16(20)11-13(19-21)12-23-14-5-2-1-3-6-14/h1-3,5-8,11H,4,9-10,12H2. The molecule has 1 amide bonds. The molecule has 7 nitrogen and oxygen atoms in total. The molecule has 3 heterocycles. The van der Waals surface area contributed by atoms with Crippen molar-refractivity contribution in [3.8, 4) is 5.75 Å². The Bertz CT molecular complexity index is 827. The zero-order valence-corrected chi connectivity index (χ0v) is 13.0. The van der Waals surface area contributed by atoms with Crippen LogP contribution in [0, 0.1) is 0 Å². The number of para-hydroxylation sites is 1. The van der Waals surface area contributed by atoms with Gasteiger partial charge in [-0.15, -0.1) is 0 Å². The van der Waals surface area contributed by atoms with Crippen molar-refractivity contribution in [3.05, 3.63) is 60.1 Å². The highest BCUT2D eigenvalue weighted by molar-refractivity contribution is 6.03. The van der Waals surface area contributed by atoms with E-state index in [2.05, 4.69) is 10.3 Å². The molecule has 24 heavy (non-hydrogen) atoms. The van der Waals surface area contributed by atoms with Crippen LogP contribution in [0.5, 0.6) is 5.75 Å². The number of rotatable bonds is 4. The van der Waals surface area contributed by atoms with E-state index in [0.29, 0.717) is 13.2 Å². The van der Waals surface area contributed by atoms with E-state index < -0.39 is 0 Å². The van der Waals surface area contributed by atoms with Crippen molar-refractivity contribution in [2.75, 3.05) is 11.4 Å². The van der Waals surface area contributed by atoms with E-state index in [-0.39, 0.29) is 11.7 Å². The van der Waals surface area contributed by atoms with Gasteiger partial charge in [0.15, 0.2) is 0 Å². The van der Waals surface area contributed by atoms with Gasteiger partial charge in [0.25, 0.3) is 5.91 Å². The molecule has 0 N–H and O–H groups in total. The molecule has 0 saturated carbocycles. The molecule has 0 unspecified atom stereocenters. The first-order valence-corrected chi connectivity index (χ1v) is 7.78. The minimum atomic E-state index is -0.205. The maximum absolute atomic E-state index is 12.5. The summed E-state index contributed by atoms with van der Waals surface area (Å²) in [6, 6.07) is 13.0. The molecule has 4 rings (SSSR count). The minimum absolute atomic E-state index is 0.205. The fraction of sp³-hybridized carbons (Fsp3) is 0.235. The van der Waals surface area contributed by atoms with Crippen LogP contribution < -0.4 is 9.64 Å². The van der Waals surface area contributed by atoms with Crippen LogP contribution in [0.1, 0.15) is 22.7 Å². The summed E-state index contributed by atoms with van der Waals surface area (Å²) in [5, 5.41) is 8.13. The first-order chi connectivity index (χ1) is 11.8. The highest BCUT2D eigenvalue weighted by Gasteiger charge is 2.27. The SMILES string of the molecule is O=C(c1ccno1)N1CCCn2nc(COc3ccccc3)cc21. The van der Waals surface area contributed by atoms with E-state index in [1.807, 2.05) is 41.1 Å². The third-order valence-corrected chi connectivity index (χ3v) is 3.86. The first-order valence-electron chi connectivity index (χ1n) is 7.78. The normalized spacial score (nSPS) is 13.6. The van der Waals surface area contributed by atoms with Gasteiger partial charge < -0.3 is 9.26 Å². The Hall–Kier alpha value is -3.09. The fourth-order valence-electron chi connectivity index (χ4n) is 2.74. The lowest BCUT2D eigenvalue weighted by molar-refractivity contribution is 0.0945. The quantitative estimate of drug-likeness (QED) is 0.737. The topological polar surface area (TPSA) is 73.4 Å². The van der Waals surface area contributed by atoms with Gasteiger partial charge in [-0.3, -0.25) is 9.69 Å². The van der Waals surface area contributed by atoms with Crippen molar-refractivity contribution in [2.45, 2.75) is 19.6 Å². The number of nitrogens with zero attached hydrogens (tertiary/aromatic N) is 4. The second-order valence-corrected chi connectivity index (χ2v) is 5.51. The van der Waals surface area contributed by atoms with E-state index >= 15 is 0 Å². The molecule has 0 saturated heterocycles. The fourth-order valence-corrected chi connectivity index (χ4v) is 2.74. The molecule has 0 spiro atoms. The number of carbonyl (C=O) groups excluding carboxylic acids is 1. The summed E-state index contributed by atoms with van der Waals surface area (Å²) < 4.78 is 12.5. The monoisotopic (exact) mass is 324 g/mol. The molecule has 122 valence electrons. The molecule has 0 atom stereocenters. The molecule has 7 heteroatoms. The molecule has 0 aliphatic carbocycles. The van der Waals surface area contributed by atoms with Crippen LogP contribution in [0.2, 0.25) is 0 Å². The number of amides is 1. The first kappa shape index (κ1) is 14.5. The van der Waals surface area contributed by atoms with Gasteiger partial charge in [0.05, 0.1) is 6.20 Å². The largest absolute Gasteiger partial charge is 0.487 e. The predicted molar refractivity (Wildman–Crippen MR) is 85.8 cm³/mol. The van der Waals surface area contributed by atoms with Crippen molar-refractivity contribution in [1.82, 2.24) is 14.9 Å². The molecule has 1 aliphatic heterocycles. The summed E-state index contributed by atoms with van der Waals surface area (Å²) in [5.41, 5.74) is 0.783. The number of hydrogen-bond acceptors (Lipinski definition) is 5. The molecular weight excluding hydrogens is 308 g/mol. The van der Waals surface area contributed by atoms with Crippen molar-refractivity contribution in [1.29, 1.82) is 0 Å². The Balaban J connectivity index is 1.53. The van der Waals surface area contributed by atoms with Crippen LogP contribution in [0.15, 0.2) is 53.2 Å². The maximum atomic E-state index is 12.5. The van der Waals surface area contributed by atoms with E-state index in [4.69, 9.17) is 9.26 Å². The number of ether oxygens (including phenoxy) is 1. The summed E-state index contributed by atoms with van der Waals surface area (Å²) in [6.07, 6.45) is 2.31. The Morgan fingerprint density at radius 1 is 1.21 bits per heavy atom. The van der Waals surface area contributed by atoms with Crippen LogP contribution in [0.25, 0.3) is 0 Å². The Labute approximate surface area is 138 Å². The van der Waals surface area contributed by atoms with Crippen molar-refractivity contribution in [2.24, 2.45) is 0 Å². The summed E-state index contributed by atoms with van der Waals surface area (Å²) in [6.45, 7) is 1.76. The van der Waals surface area contributed by atoms with E-state index in [1.54, 1.807) is 11.0 Å². The molecule has 0 fully saturated rings. The smallest absolute Gasteiger partial charge is 0.298 e. The average molecular weight is 324 g/mol. The van der Waals surface area contributed by atoms with Crippen LogP contribution in [-0.4, -0.2) is 27.4 Å². The highest BCUT2D eigenvalue weighted by Crippen LogP contribution is 2.24. The van der Waals surface area contributed by atoms with Crippen LogP contribution >= 0.6 is 0 Å². The third-order valence-electron chi connectivity index (χ3n) is 3.86. The summed E-state index contributed by atoms with van der Waals surface area (Å²) >= 11 is 0. The molecule has 3 aromatic rings. The zero-order valence-electron chi connectivity index (χ0n) is 13.0. The Morgan fingerprint density at radius 3 is 2.88 bits per heavy atom. The number of aromatic nitrogens is 3. The van der Waals surface area contributed by atoms with Gasteiger partial charge in [0.2, 0.25) is 5.76 Å². The van der Waals surface area contributed by atoms with Crippen molar-refractivity contribution >= 4 is 11.7 Å². The zero-order chi connectivity index (χ0) is 16.4. The summed E-state index contributed by atoms with van der Waals surface area (Å²) in [4.78, 5) is 14.2. The van der Waals surface area contributed by atoms with Gasteiger partial charge in [-0.2, -0.15) is 5.10 Å². The van der Waals surface area contributed by atoms with Crippen LogP contribution in [0.3, 0.4) is 0 Å². The minimum Gasteiger partial charge on any atom is -0.487 e. The lowest BCUT2D eigenvalue weighted by atomic mass is 10.2. The molecule has 0 radical (unpaired) electrons. The number of anilines is 1. The van der Waals surface area contributed by atoms with Gasteiger partial charge in [-0.05, 0) is 18.6 Å². The van der Waals surface area contributed by atoms with Crippen LogP contribution in [-0.2, 0) is 13.2 Å². The van der Waals surface area contributed by atoms with Gasteiger partial charge in [0, 0.05) is 25.2 Å². The van der Waals surface area contributed by atoms with E-state index in [9.17, 15) is 4.79 Å². The number of fused-ring (bicyclic) bond motifs is 1. The number of aryl methyl sites for hydroxylation is 1. The van der Waals surface area contributed by atoms with E-state index in [0.717, 1.165) is 30.2 Å². The van der Waals surface area contributed by atoms with Crippen LogP contribution in [0.4, 0.5) is 5.82 Å². The maximum Gasteiger partial charge on any atom is 0.298 e. The lowest BCUT2D eigenvalue weighted by Crippen LogP contribution is -2.37. The highest BCUT2D eigenvalue weighted by atomic mass is 16.5. The molecule has 1 aliphatic rings. The van der Waals surface area contributed by atoms with E-state index in [1.165, 1.54) is 6.20 Å². The lowest BCUT2D eigenvalue weighted by Gasteiger charge is -2.26. The number of carbonyl (C=O) groups is 1. The van der Waals surface area contributed by atoms with Crippen molar-refractivity contribution < 1.29 is 14.1 Å². The molecule has 1 aromatic carbocycles. The van der Waals surface area contributed by atoms with Gasteiger partial charge >= 0.3 is 0 Å². The Kier molecular flexibility index (Phi) is 3.74. The second-order valence-electron chi connectivity index (χ2n) is 5.51. The summed E-state index contributed by atoms with van der Waals surface area (Å²) in [5.74, 6) is 1.57.